The highest BCUT2D eigenvalue weighted by atomic mass is 19.2. The lowest BCUT2D eigenvalue weighted by atomic mass is 9.87. The lowest BCUT2D eigenvalue weighted by molar-refractivity contribution is -0.157. The fourth-order valence-electron chi connectivity index (χ4n) is 6.11. The number of esters is 1. The first-order chi connectivity index (χ1) is 20.9. The number of carbonyl (C=O) groups is 1. The van der Waals surface area contributed by atoms with Crippen molar-refractivity contribution < 1.29 is 32.2 Å². The maximum atomic E-state index is 14.0. The summed E-state index contributed by atoms with van der Waals surface area (Å²) in [5, 5.41) is 3.53. The van der Waals surface area contributed by atoms with E-state index in [0.717, 1.165) is 30.5 Å². The van der Waals surface area contributed by atoms with Gasteiger partial charge in [0.15, 0.2) is 11.6 Å². The molecule has 2 fully saturated rings. The lowest BCUT2D eigenvalue weighted by Crippen LogP contribution is -2.44. The fourth-order valence-corrected chi connectivity index (χ4v) is 6.11. The predicted molar refractivity (Wildman–Crippen MR) is 162 cm³/mol. The van der Waals surface area contributed by atoms with Crippen LogP contribution in [-0.2, 0) is 27.9 Å². The summed E-state index contributed by atoms with van der Waals surface area (Å²) >= 11 is 0. The molecule has 1 heterocycles. The second kappa shape index (κ2) is 12.8. The number of fused-ring (bicyclic) bond motifs is 1. The van der Waals surface area contributed by atoms with Gasteiger partial charge in [-0.15, -0.1) is 0 Å². The molecule has 4 atom stereocenters. The van der Waals surface area contributed by atoms with E-state index in [1.165, 1.54) is 12.7 Å². The number of likely N-dealkylation sites (tertiary alicyclic amines) is 1. The Bertz CT molecular complexity index is 1450. The molecule has 5 rings (SSSR count). The Morgan fingerprint density at radius 3 is 2.11 bits per heavy atom. The Kier molecular flexibility index (Phi) is 9.28. The minimum atomic E-state index is -1.20. The van der Waals surface area contributed by atoms with Crippen molar-refractivity contribution in [2.24, 2.45) is 11.8 Å². The van der Waals surface area contributed by atoms with Gasteiger partial charge in [0.05, 0.1) is 7.11 Å². The summed E-state index contributed by atoms with van der Waals surface area (Å²) in [5.41, 5.74) is 1.08. The lowest BCUT2D eigenvalue weighted by Gasteiger charge is -2.28. The molecule has 3 aromatic carbocycles. The van der Waals surface area contributed by atoms with E-state index in [-0.39, 0.29) is 17.5 Å². The molecule has 3 aromatic rings. The van der Waals surface area contributed by atoms with E-state index >= 15 is 0 Å². The van der Waals surface area contributed by atoms with Gasteiger partial charge in [0.1, 0.15) is 23.9 Å². The van der Waals surface area contributed by atoms with Crippen LogP contribution in [0.5, 0.6) is 11.5 Å². The molecule has 0 aromatic heterocycles. The molecule has 1 aliphatic carbocycles. The molecular weight excluding hydrogens is 569 g/mol. The van der Waals surface area contributed by atoms with Crippen LogP contribution in [-0.4, -0.2) is 55.9 Å². The molecule has 2 aliphatic rings. The second-order valence-electron chi connectivity index (χ2n) is 13.1. The fraction of sp³-hybridized carbons (Fsp3) is 0.457. The quantitative estimate of drug-likeness (QED) is 0.153. The van der Waals surface area contributed by atoms with E-state index in [0.29, 0.717) is 49.3 Å². The highest BCUT2D eigenvalue weighted by Gasteiger charge is 2.55. The standard InChI is InChI=1S/C35H41F3N2O4/c1-34(2,3)24-8-12-26(13-9-24)44-35(4,33(41)42-5)18-22-6-10-25(11-7-22)43-15-14-39-32-27-20-40(21-28(27)32)19-23-16-30(37)31(38)17-29(23)36/h6-13,16-17,27-28,32,39H,14-15,18-21H2,1-5H3/t27-,28?,32?,35-/m0/s1. The summed E-state index contributed by atoms with van der Waals surface area (Å²) in [7, 11) is 1.36. The Labute approximate surface area is 257 Å². The first-order valence-corrected chi connectivity index (χ1v) is 15.0. The number of methoxy groups -OCH3 is 1. The minimum absolute atomic E-state index is 0.0164. The van der Waals surface area contributed by atoms with Crippen molar-refractivity contribution in [3.63, 3.8) is 0 Å². The molecule has 0 spiro atoms. The van der Waals surface area contributed by atoms with E-state index in [2.05, 4.69) is 31.0 Å². The van der Waals surface area contributed by atoms with Crippen LogP contribution >= 0.6 is 0 Å². The van der Waals surface area contributed by atoms with Crippen LogP contribution in [0.1, 0.15) is 44.4 Å². The van der Waals surface area contributed by atoms with E-state index in [1.54, 1.807) is 6.92 Å². The normalized spacial score (nSPS) is 21.0. The predicted octanol–water partition coefficient (Wildman–Crippen LogP) is 6.05. The van der Waals surface area contributed by atoms with Crippen LogP contribution in [0.3, 0.4) is 0 Å². The van der Waals surface area contributed by atoms with Gasteiger partial charge in [-0.25, -0.2) is 18.0 Å². The van der Waals surface area contributed by atoms with E-state index in [1.807, 2.05) is 48.5 Å². The third-order valence-corrected chi connectivity index (χ3v) is 8.65. The smallest absolute Gasteiger partial charge is 0.350 e. The van der Waals surface area contributed by atoms with Crippen molar-refractivity contribution in [1.82, 2.24) is 10.2 Å². The van der Waals surface area contributed by atoms with Crippen molar-refractivity contribution in [1.29, 1.82) is 0 Å². The minimum Gasteiger partial charge on any atom is -0.492 e. The molecule has 0 radical (unpaired) electrons. The zero-order valence-corrected chi connectivity index (χ0v) is 26.0. The SMILES string of the molecule is COC(=O)[C@](C)(Cc1ccc(OCCNC2C3CN(Cc4cc(F)c(F)cc4F)C[C@@H]32)cc1)Oc1ccc(C(C)(C)C)cc1. The molecule has 2 unspecified atom stereocenters. The van der Waals surface area contributed by atoms with Crippen LogP contribution in [0, 0.1) is 29.3 Å². The van der Waals surface area contributed by atoms with E-state index < -0.39 is 29.0 Å². The monoisotopic (exact) mass is 610 g/mol. The van der Waals surface area contributed by atoms with Gasteiger partial charge < -0.3 is 19.5 Å². The molecule has 1 saturated carbocycles. The maximum absolute atomic E-state index is 14.0. The zero-order chi connectivity index (χ0) is 31.6. The highest BCUT2D eigenvalue weighted by Crippen LogP contribution is 2.45. The summed E-state index contributed by atoms with van der Waals surface area (Å²) in [5.74, 6) is -1.09. The second-order valence-corrected chi connectivity index (χ2v) is 13.1. The van der Waals surface area contributed by atoms with Gasteiger partial charge in [0, 0.05) is 50.3 Å². The number of nitrogens with zero attached hydrogens (tertiary/aromatic N) is 1. The van der Waals surface area contributed by atoms with Gasteiger partial charge in [-0.3, -0.25) is 4.90 Å². The Morgan fingerprint density at radius 2 is 1.50 bits per heavy atom. The third kappa shape index (κ3) is 7.38. The largest absolute Gasteiger partial charge is 0.492 e. The number of hydrogen-bond donors (Lipinski definition) is 1. The van der Waals surface area contributed by atoms with Crippen LogP contribution in [0.25, 0.3) is 0 Å². The third-order valence-electron chi connectivity index (χ3n) is 8.65. The molecule has 1 aliphatic heterocycles. The maximum Gasteiger partial charge on any atom is 0.350 e. The number of benzene rings is 3. The average Bonchev–Trinajstić information content (AvgIpc) is 3.43. The molecule has 236 valence electrons. The molecular formula is C35H41F3N2O4. The van der Waals surface area contributed by atoms with Crippen molar-refractivity contribution in [3.05, 3.63) is 94.8 Å². The molecule has 1 saturated heterocycles. The molecule has 44 heavy (non-hydrogen) atoms. The highest BCUT2D eigenvalue weighted by molar-refractivity contribution is 5.80. The number of nitrogens with one attached hydrogen (secondary N) is 1. The van der Waals surface area contributed by atoms with Crippen LogP contribution in [0.2, 0.25) is 0 Å². The molecule has 9 heteroatoms. The van der Waals surface area contributed by atoms with Crippen LogP contribution in [0.4, 0.5) is 13.2 Å². The number of hydrogen-bond acceptors (Lipinski definition) is 6. The number of rotatable bonds is 12. The molecule has 0 bridgehead atoms. The number of piperidine rings is 1. The van der Waals surface area contributed by atoms with Gasteiger partial charge in [-0.1, -0.05) is 45.0 Å². The molecule has 1 N–H and O–H groups in total. The van der Waals surface area contributed by atoms with Crippen LogP contribution in [0.15, 0.2) is 60.7 Å². The van der Waals surface area contributed by atoms with Crippen molar-refractivity contribution in [2.75, 3.05) is 33.4 Å². The first kappa shape index (κ1) is 31.9. The molecule has 6 nitrogen and oxygen atoms in total. The average molecular weight is 611 g/mol. The number of ether oxygens (including phenoxy) is 3. The van der Waals surface area contributed by atoms with Gasteiger partial charge >= 0.3 is 5.97 Å². The summed E-state index contributed by atoms with van der Waals surface area (Å²) in [6.07, 6.45) is 0.326. The van der Waals surface area contributed by atoms with Gasteiger partial charge in [-0.2, -0.15) is 0 Å². The topological polar surface area (TPSA) is 60.0 Å². The Hall–Kier alpha value is -3.56. The van der Waals surface area contributed by atoms with E-state index in [9.17, 15) is 18.0 Å². The summed E-state index contributed by atoms with van der Waals surface area (Å²) in [4.78, 5) is 14.8. The van der Waals surface area contributed by atoms with E-state index in [4.69, 9.17) is 14.2 Å². The Balaban J connectivity index is 1.05. The van der Waals surface area contributed by atoms with Crippen LogP contribution < -0.4 is 14.8 Å². The van der Waals surface area contributed by atoms with Crippen molar-refractivity contribution >= 4 is 5.97 Å². The first-order valence-electron chi connectivity index (χ1n) is 15.0. The van der Waals surface area contributed by atoms with Gasteiger partial charge in [0.25, 0.3) is 0 Å². The van der Waals surface area contributed by atoms with Crippen molar-refractivity contribution in [3.8, 4) is 11.5 Å². The zero-order valence-electron chi connectivity index (χ0n) is 26.0. The van der Waals surface area contributed by atoms with Gasteiger partial charge in [-0.05, 0) is 65.6 Å². The molecule has 0 amide bonds. The number of halogens is 3. The van der Waals surface area contributed by atoms with Gasteiger partial charge in [0.2, 0.25) is 5.60 Å². The summed E-state index contributed by atoms with van der Waals surface area (Å²) < 4.78 is 57.9. The Morgan fingerprint density at radius 1 is 0.886 bits per heavy atom. The number of carbonyl (C=O) groups excluding carboxylic acids is 1. The summed E-state index contributed by atoms with van der Waals surface area (Å²) in [6.45, 7) is 11.2. The summed E-state index contributed by atoms with van der Waals surface area (Å²) in [6, 6.07) is 17.3. The van der Waals surface area contributed by atoms with Crippen molar-refractivity contribution in [2.45, 2.75) is 57.7 Å².